The lowest BCUT2D eigenvalue weighted by atomic mass is 10.2. The second-order valence-electron chi connectivity index (χ2n) is 3.86. The van der Waals surface area contributed by atoms with Crippen molar-refractivity contribution in [2.24, 2.45) is 0 Å². The first kappa shape index (κ1) is 12.3. The van der Waals surface area contributed by atoms with Gasteiger partial charge in [-0.2, -0.15) is 0 Å². The number of halogens is 3. The molecule has 0 radical (unpaired) electrons. The minimum Gasteiger partial charge on any atom is -0.395 e. The highest BCUT2D eigenvalue weighted by Crippen LogP contribution is 2.31. The quantitative estimate of drug-likeness (QED) is 0.829. The molecule has 0 atom stereocenters. The summed E-state index contributed by atoms with van der Waals surface area (Å²) in [5, 5.41) is 0. The first-order valence-electron chi connectivity index (χ1n) is 5.23. The first-order chi connectivity index (χ1) is 8.49. The van der Waals surface area contributed by atoms with Gasteiger partial charge in [0, 0.05) is 18.8 Å². The predicted octanol–water partition coefficient (Wildman–Crippen LogP) is 3.45. The summed E-state index contributed by atoms with van der Waals surface area (Å²) in [6.07, 6.45) is 0. The Morgan fingerprint density at radius 3 is 2.17 bits per heavy atom. The minimum absolute atomic E-state index is 0.150. The highest BCUT2D eigenvalue weighted by molar-refractivity contribution is 5.74. The average Bonchev–Trinajstić information content (AvgIpc) is 2.34. The van der Waals surface area contributed by atoms with Gasteiger partial charge in [0.1, 0.15) is 11.6 Å². The summed E-state index contributed by atoms with van der Waals surface area (Å²) in [5.74, 6) is -1.92. The molecule has 94 valence electrons. The van der Waals surface area contributed by atoms with Crippen molar-refractivity contribution in [3.8, 4) is 0 Å². The van der Waals surface area contributed by atoms with E-state index in [0.29, 0.717) is 5.69 Å². The molecule has 0 spiro atoms. The molecule has 0 unspecified atom stereocenters. The van der Waals surface area contributed by atoms with Crippen molar-refractivity contribution in [2.75, 3.05) is 17.7 Å². The van der Waals surface area contributed by atoms with E-state index in [0.717, 1.165) is 12.1 Å². The van der Waals surface area contributed by atoms with E-state index in [1.165, 1.54) is 29.2 Å². The number of hydrogen-bond acceptors (Lipinski definition) is 2. The van der Waals surface area contributed by atoms with Crippen molar-refractivity contribution in [3.63, 3.8) is 0 Å². The van der Waals surface area contributed by atoms with Gasteiger partial charge < -0.3 is 10.6 Å². The smallest absolute Gasteiger partial charge is 0.151 e. The molecule has 0 amide bonds. The summed E-state index contributed by atoms with van der Waals surface area (Å²) >= 11 is 0. The van der Waals surface area contributed by atoms with Gasteiger partial charge in [0.2, 0.25) is 0 Å². The van der Waals surface area contributed by atoms with Gasteiger partial charge in [0.25, 0.3) is 0 Å². The molecule has 0 fully saturated rings. The Morgan fingerprint density at radius 2 is 1.56 bits per heavy atom. The fourth-order valence-corrected chi connectivity index (χ4v) is 1.65. The van der Waals surface area contributed by atoms with E-state index in [-0.39, 0.29) is 17.2 Å². The number of hydrogen-bond donors (Lipinski definition) is 1. The molecular weight excluding hydrogens is 241 g/mol. The largest absolute Gasteiger partial charge is 0.395 e. The number of rotatable bonds is 2. The Labute approximate surface area is 102 Å². The zero-order chi connectivity index (χ0) is 13.3. The molecule has 2 aromatic rings. The molecule has 5 heteroatoms. The Morgan fingerprint density at radius 1 is 0.944 bits per heavy atom. The predicted molar refractivity (Wildman–Crippen MR) is 65.2 cm³/mol. The van der Waals surface area contributed by atoms with E-state index < -0.39 is 11.6 Å². The van der Waals surface area contributed by atoms with Crippen LogP contribution in [0.25, 0.3) is 0 Å². The number of nitrogens with two attached hydrogens (primary N) is 1. The molecule has 0 aliphatic rings. The third kappa shape index (κ3) is 2.25. The van der Waals surface area contributed by atoms with Crippen LogP contribution in [0.4, 0.5) is 30.2 Å². The minimum atomic E-state index is -0.820. The molecule has 0 bridgehead atoms. The number of nitrogens with zero attached hydrogens (tertiary/aromatic N) is 1. The molecule has 2 rings (SSSR count). The molecule has 0 heterocycles. The van der Waals surface area contributed by atoms with E-state index in [1.54, 1.807) is 7.05 Å². The first-order valence-corrected chi connectivity index (χ1v) is 5.23. The van der Waals surface area contributed by atoms with Crippen molar-refractivity contribution >= 4 is 17.1 Å². The summed E-state index contributed by atoms with van der Waals surface area (Å²) in [6, 6.07) is 7.36. The van der Waals surface area contributed by atoms with Gasteiger partial charge in [-0.1, -0.05) is 0 Å². The third-order valence-corrected chi connectivity index (χ3v) is 2.65. The van der Waals surface area contributed by atoms with Crippen LogP contribution in [0.3, 0.4) is 0 Å². The van der Waals surface area contributed by atoms with E-state index in [1.807, 2.05) is 0 Å². The molecule has 18 heavy (non-hydrogen) atoms. The summed E-state index contributed by atoms with van der Waals surface area (Å²) in [7, 11) is 1.60. The molecule has 0 aliphatic carbocycles. The SMILES string of the molecule is CN(c1ccc(F)cc1)c1cc(F)cc(F)c1N. The zero-order valence-electron chi connectivity index (χ0n) is 9.62. The van der Waals surface area contributed by atoms with Gasteiger partial charge in [-0.05, 0) is 30.3 Å². The third-order valence-electron chi connectivity index (χ3n) is 2.65. The van der Waals surface area contributed by atoms with E-state index >= 15 is 0 Å². The standard InChI is InChI=1S/C13H11F3N2/c1-18(10-4-2-8(14)3-5-10)12-7-9(15)6-11(16)13(12)17/h2-7H,17H2,1H3. The molecule has 0 aliphatic heterocycles. The molecule has 2 N–H and O–H groups in total. The monoisotopic (exact) mass is 252 g/mol. The molecule has 0 saturated heterocycles. The molecule has 2 aromatic carbocycles. The second-order valence-corrected chi connectivity index (χ2v) is 3.86. The summed E-state index contributed by atoms with van der Waals surface area (Å²) in [4.78, 5) is 1.49. The van der Waals surface area contributed by atoms with E-state index in [4.69, 9.17) is 5.73 Å². The van der Waals surface area contributed by atoms with Crippen LogP contribution in [0.2, 0.25) is 0 Å². The van der Waals surface area contributed by atoms with E-state index in [9.17, 15) is 13.2 Å². The highest BCUT2D eigenvalue weighted by atomic mass is 19.1. The summed E-state index contributed by atoms with van der Waals surface area (Å²) in [6.45, 7) is 0. The van der Waals surface area contributed by atoms with Gasteiger partial charge in [-0.3, -0.25) is 0 Å². The van der Waals surface area contributed by atoms with Crippen LogP contribution in [-0.2, 0) is 0 Å². The maximum absolute atomic E-state index is 13.3. The van der Waals surface area contributed by atoms with Crippen molar-refractivity contribution in [3.05, 3.63) is 53.8 Å². The molecule has 2 nitrogen and oxygen atoms in total. The molecular formula is C13H11F3N2. The maximum atomic E-state index is 13.3. The van der Waals surface area contributed by atoms with Crippen molar-refractivity contribution < 1.29 is 13.2 Å². The van der Waals surface area contributed by atoms with Crippen LogP contribution in [0, 0.1) is 17.5 Å². The molecule has 0 aromatic heterocycles. The normalized spacial score (nSPS) is 10.4. The van der Waals surface area contributed by atoms with Gasteiger partial charge in [-0.15, -0.1) is 0 Å². The fourth-order valence-electron chi connectivity index (χ4n) is 1.65. The lowest BCUT2D eigenvalue weighted by Gasteiger charge is -2.21. The number of anilines is 3. The Kier molecular flexibility index (Phi) is 3.14. The van der Waals surface area contributed by atoms with Crippen LogP contribution >= 0.6 is 0 Å². The van der Waals surface area contributed by atoms with E-state index in [2.05, 4.69) is 0 Å². The van der Waals surface area contributed by atoms with Gasteiger partial charge in [0.15, 0.2) is 5.82 Å². The van der Waals surface area contributed by atoms with Gasteiger partial charge in [0.05, 0.1) is 11.4 Å². The van der Waals surface area contributed by atoms with Crippen LogP contribution in [-0.4, -0.2) is 7.05 Å². The maximum Gasteiger partial charge on any atom is 0.151 e. The van der Waals surface area contributed by atoms with Crippen LogP contribution in [0.5, 0.6) is 0 Å². The highest BCUT2D eigenvalue weighted by Gasteiger charge is 2.13. The lowest BCUT2D eigenvalue weighted by Crippen LogP contribution is -2.13. The number of nitrogen functional groups attached to an aromatic ring is 1. The second kappa shape index (κ2) is 4.60. The van der Waals surface area contributed by atoms with Crippen LogP contribution < -0.4 is 10.6 Å². The van der Waals surface area contributed by atoms with Crippen molar-refractivity contribution in [1.29, 1.82) is 0 Å². The topological polar surface area (TPSA) is 29.3 Å². The Hall–Kier alpha value is -2.17. The zero-order valence-corrected chi connectivity index (χ0v) is 9.62. The van der Waals surface area contributed by atoms with Crippen molar-refractivity contribution in [2.45, 2.75) is 0 Å². The van der Waals surface area contributed by atoms with Crippen molar-refractivity contribution in [1.82, 2.24) is 0 Å². The van der Waals surface area contributed by atoms with Crippen LogP contribution in [0.1, 0.15) is 0 Å². The fraction of sp³-hybridized carbons (Fsp3) is 0.0769. The lowest BCUT2D eigenvalue weighted by molar-refractivity contribution is 0.586. The summed E-state index contributed by atoms with van der Waals surface area (Å²) < 4.78 is 39.3. The Balaban J connectivity index is 2.45. The van der Waals surface area contributed by atoms with Gasteiger partial charge in [-0.25, -0.2) is 13.2 Å². The summed E-state index contributed by atoms with van der Waals surface area (Å²) in [5.41, 5.74) is 6.18. The van der Waals surface area contributed by atoms with Gasteiger partial charge >= 0.3 is 0 Å². The Bertz CT molecular complexity index is 567. The average molecular weight is 252 g/mol. The molecule has 0 saturated carbocycles. The number of benzene rings is 2. The van der Waals surface area contributed by atoms with Crippen LogP contribution in [0.15, 0.2) is 36.4 Å².